The Labute approximate surface area is 196 Å². The molecule has 2 heterocycles. The number of carbonyl (C=O) groups is 2. The summed E-state index contributed by atoms with van der Waals surface area (Å²) >= 11 is 0. The molecule has 178 valence electrons. The normalized spacial score (nSPS) is 15.1. The summed E-state index contributed by atoms with van der Waals surface area (Å²) in [5.41, 5.74) is 3.21. The quantitative estimate of drug-likeness (QED) is 0.499. The first-order valence-electron chi connectivity index (χ1n) is 10.8. The number of rotatable bonds is 6. The number of amides is 2. The van der Waals surface area contributed by atoms with Crippen LogP contribution in [0.2, 0.25) is 0 Å². The Bertz CT molecular complexity index is 1380. The van der Waals surface area contributed by atoms with Gasteiger partial charge in [0, 0.05) is 48.4 Å². The van der Waals surface area contributed by atoms with Gasteiger partial charge in [-0.15, -0.1) is 0 Å². The molecular formula is C24H25FN4O4S. The maximum atomic E-state index is 13.5. The zero-order valence-electron chi connectivity index (χ0n) is 18.8. The highest BCUT2D eigenvalue weighted by Crippen LogP contribution is 2.29. The van der Waals surface area contributed by atoms with Gasteiger partial charge in [0.25, 0.3) is 0 Å². The first-order valence-corrected chi connectivity index (χ1v) is 12.3. The van der Waals surface area contributed by atoms with Crippen LogP contribution in [0.5, 0.6) is 0 Å². The average molecular weight is 485 g/mol. The Kier molecular flexibility index (Phi) is 6.54. The van der Waals surface area contributed by atoms with Gasteiger partial charge in [0.05, 0.1) is 10.9 Å². The smallest absolute Gasteiger partial charge is 0.241 e. The lowest BCUT2D eigenvalue weighted by atomic mass is 9.98. The highest BCUT2D eigenvalue weighted by molar-refractivity contribution is 7.89. The third-order valence-corrected chi connectivity index (χ3v) is 7.25. The minimum absolute atomic E-state index is 0.00199. The van der Waals surface area contributed by atoms with Crippen molar-refractivity contribution in [3.63, 3.8) is 0 Å². The molecule has 3 N–H and O–H groups in total. The fourth-order valence-electron chi connectivity index (χ4n) is 4.02. The maximum Gasteiger partial charge on any atom is 0.241 e. The van der Waals surface area contributed by atoms with E-state index in [1.54, 1.807) is 11.0 Å². The number of aromatic amines is 1. The minimum atomic E-state index is -3.92. The van der Waals surface area contributed by atoms with Gasteiger partial charge in [-0.3, -0.25) is 9.59 Å². The van der Waals surface area contributed by atoms with Crippen LogP contribution >= 0.6 is 0 Å². The van der Waals surface area contributed by atoms with Gasteiger partial charge in [0.2, 0.25) is 21.8 Å². The number of aromatic nitrogens is 1. The summed E-state index contributed by atoms with van der Waals surface area (Å²) < 4.78 is 41.3. The molecule has 3 aromatic rings. The molecule has 1 aromatic heterocycles. The number of sulfonamides is 1. The van der Waals surface area contributed by atoms with Gasteiger partial charge in [0.15, 0.2) is 0 Å². The summed E-state index contributed by atoms with van der Waals surface area (Å²) in [6, 6.07) is 9.35. The van der Waals surface area contributed by atoms with Gasteiger partial charge < -0.3 is 15.2 Å². The second kappa shape index (κ2) is 9.40. The molecule has 1 aliphatic rings. The van der Waals surface area contributed by atoms with Gasteiger partial charge in [-0.1, -0.05) is 6.08 Å². The number of anilines is 1. The number of hydrogen-bond acceptors (Lipinski definition) is 4. The number of halogens is 1. The summed E-state index contributed by atoms with van der Waals surface area (Å²) in [5.74, 6) is -0.893. The van der Waals surface area contributed by atoms with Crippen molar-refractivity contribution in [2.24, 2.45) is 0 Å². The molecule has 0 aliphatic carbocycles. The Hall–Kier alpha value is -3.50. The van der Waals surface area contributed by atoms with E-state index in [0.717, 1.165) is 16.5 Å². The highest BCUT2D eigenvalue weighted by atomic mass is 32.2. The molecule has 0 unspecified atom stereocenters. The summed E-state index contributed by atoms with van der Waals surface area (Å²) in [6.07, 6.45) is 4.37. The highest BCUT2D eigenvalue weighted by Gasteiger charge is 2.27. The number of nitrogens with zero attached hydrogens (tertiary/aromatic N) is 1. The molecule has 0 bridgehead atoms. The van der Waals surface area contributed by atoms with Crippen LogP contribution in [0.4, 0.5) is 10.1 Å². The summed E-state index contributed by atoms with van der Waals surface area (Å²) in [6.45, 7) is 3.66. The molecule has 2 amide bonds. The van der Waals surface area contributed by atoms with Gasteiger partial charge in [-0.05, 0) is 61.4 Å². The van der Waals surface area contributed by atoms with E-state index in [4.69, 9.17) is 0 Å². The standard InChI is InChI=1S/C24H25FN4O4S/c1-15(28-34(32,33)20-6-4-19(5-7-20)27-16(2)30)24(31)29-11-9-17(10-12-29)22-14-26-23-13-18(25)3-8-21(22)23/h3-9,13-15,26,28H,10-12H2,1-2H3,(H,27,30)/t15-/m0/s1. The van der Waals surface area contributed by atoms with E-state index in [1.165, 1.54) is 50.2 Å². The van der Waals surface area contributed by atoms with Gasteiger partial charge in [-0.2, -0.15) is 4.72 Å². The van der Waals surface area contributed by atoms with E-state index < -0.39 is 16.1 Å². The lowest BCUT2D eigenvalue weighted by Crippen LogP contribution is -2.48. The second-order valence-electron chi connectivity index (χ2n) is 8.20. The predicted octanol–water partition coefficient (Wildman–Crippen LogP) is 3.25. The van der Waals surface area contributed by atoms with Crippen molar-refractivity contribution in [1.29, 1.82) is 0 Å². The number of H-pyrrole nitrogens is 1. The Morgan fingerprint density at radius 1 is 1.15 bits per heavy atom. The van der Waals surface area contributed by atoms with E-state index >= 15 is 0 Å². The van der Waals surface area contributed by atoms with Crippen molar-refractivity contribution < 1.29 is 22.4 Å². The largest absolute Gasteiger partial charge is 0.360 e. The first kappa shape index (κ1) is 23.7. The van der Waals surface area contributed by atoms with E-state index in [1.807, 2.05) is 12.3 Å². The molecule has 2 aromatic carbocycles. The van der Waals surface area contributed by atoms with E-state index in [-0.39, 0.29) is 22.5 Å². The predicted molar refractivity (Wildman–Crippen MR) is 128 cm³/mol. The van der Waals surface area contributed by atoms with E-state index in [0.29, 0.717) is 30.7 Å². The molecule has 0 radical (unpaired) electrons. The zero-order valence-corrected chi connectivity index (χ0v) is 19.6. The zero-order chi connectivity index (χ0) is 24.5. The average Bonchev–Trinajstić information content (AvgIpc) is 3.21. The minimum Gasteiger partial charge on any atom is -0.360 e. The van der Waals surface area contributed by atoms with Crippen LogP contribution in [-0.4, -0.2) is 49.2 Å². The third kappa shape index (κ3) is 5.02. The van der Waals surface area contributed by atoms with Crippen molar-refractivity contribution in [1.82, 2.24) is 14.6 Å². The number of nitrogens with one attached hydrogen (secondary N) is 3. The van der Waals surface area contributed by atoms with Crippen LogP contribution in [0.3, 0.4) is 0 Å². The lowest BCUT2D eigenvalue weighted by molar-refractivity contribution is -0.132. The SMILES string of the molecule is CC(=O)Nc1ccc(S(=O)(=O)N[C@@H](C)C(=O)N2CC=C(c3c[nH]c4cc(F)ccc34)CC2)cc1. The van der Waals surface area contributed by atoms with Crippen LogP contribution < -0.4 is 10.0 Å². The summed E-state index contributed by atoms with van der Waals surface area (Å²) in [7, 11) is -3.92. The summed E-state index contributed by atoms with van der Waals surface area (Å²) in [5, 5.41) is 3.49. The third-order valence-electron chi connectivity index (χ3n) is 5.70. The molecule has 0 saturated carbocycles. The van der Waals surface area contributed by atoms with Gasteiger partial charge >= 0.3 is 0 Å². The van der Waals surface area contributed by atoms with E-state index in [9.17, 15) is 22.4 Å². The Morgan fingerprint density at radius 3 is 2.53 bits per heavy atom. The Morgan fingerprint density at radius 2 is 1.88 bits per heavy atom. The number of carbonyl (C=O) groups excluding carboxylic acids is 2. The van der Waals surface area contributed by atoms with Crippen molar-refractivity contribution in [2.45, 2.75) is 31.2 Å². The maximum absolute atomic E-state index is 13.5. The van der Waals surface area contributed by atoms with Crippen LogP contribution in [0.15, 0.2) is 59.6 Å². The molecule has 0 spiro atoms. The van der Waals surface area contributed by atoms with Crippen molar-refractivity contribution >= 4 is 44.0 Å². The fraction of sp³-hybridized carbons (Fsp3) is 0.250. The first-order chi connectivity index (χ1) is 16.1. The lowest BCUT2D eigenvalue weighted by Gasteiger charge is -2.29. The molecule has 10 heteroatoms. The van der Waals surface area contributed by atoms with Crippen LogP contribution in [0.1, 0.15) is 25.8 Å². The number of hydrogen-bond donors (Lipinski definition) is 3. The van der Waals surface area contributed by atoms with Crippen molar-refractivity contribution in [2.75, 3.05) is 18.4 Å². The number of benzene rings is 2. The molecule has 34 heavy (non-hydrogen) atoms. The van der Waals surface area contributed by atoms with Crippen LogP contribution in [0.25, 0.3) is 16.5 Å². The number of fused-ring (bicyclic) bond motifs is 1. The van der Waals surface area contributed by atoms with Crippen LogP contribution in [-0.2, 0) is 19.6 Å². The van der Waals surface area contributed by atoms with E-state index in [2.05, 4.69) is 15.0 Å². The van der Waals surface area contributed by atoms with Crippen LogP contribution in [0, 0.1) is 5.82 Å². The molecular weight excluding hydrogens is 459 g/mol. The molecule has 8 nitrogen and oxygen atoms in total. The molecule has 4 rings (SSSR count). The van der Waals surface area contributed by atoms with Gasteiger partial charge in [-0.25, -0.2) is 12.8 Å². The summed E-state index contributed by atoms with van der Waals surface area (Å²) in [4.78, 5) is 28.7. The van der Waals surface area contributed by atoms with Crippen molar-refractivity contribution in [3.8, 4) is 0 Å². The second-order valence-corrected chi connectivity index (χ2v) is 9.92. The van der Waals surface area contributed by atoms with Gasteiger partial charge in [0.1, 0.15) is 5.82 Å². The fourth-order valence-corrected chi connectivity index (χ4v) is 5.22. The topological polar surface area (TPSA) is 111 Å². The monoisotopic (exact) mass is 484 g/mol. The van der Waals surface area contributed by atoms with Crippen molar-refractivity contribution in [3.05, 3.63) is 66.1 Å². The molecule has 1 atom stereocenters. The molecule has 0 saturated heterocycles. The molecule has 0 fully saturated rings. The Balaban J connectivity index is 1.41. The molecule has 1 aliphatic heterocycles.